The van der Waals surface area contributed by atoms with Crippen molar-refractivity contribution < 1.29 is 14.6 Å². The first-order valence-electron chi connectivity index (χ1n) is 5.57. The van der Waals surface area contributed by atoms with Crippen molar-refractivity contribution in [2.45, 2.75) is 0 Å². The van der Waals surface area contributed by atoms with E-state index in [1.807, 2.05) is 0 Å². The molecule has 0 unspecified atom stereocenters. The summed E-state index contributed by atoms with van der Waals surface area (Å²) in [5, 5.41) is 12.2. The molecule has 0 aliphatic rings. The van der Waals surface area contributed by atoms with Gasteiger partial charge in [-0.05, 0) is 24.3 Å². The van der Waals surface area contributed by atoms with Crippen LogP contribution in [0.4, 0.5) is 0 Å². The van der Waals surface area contributed by atoms with E-state index in [9.17, 15) is 5.11 Å². The highest BCUT2D eigenvalue weighted by Crippen LogP contribution is 2.22. The predicted molar refractivity (Wildman–Crippen MR) is 67.4 cm³/mol. The van der Waals surface area contributed by atoms with Crippen LogP contribution in [0, 0.1) is 6.10 Å². The normalized spacial score (nSPS) is 10.4. The molecule has 0 aromatic heterocycles. The molecule has 2 aromatic rings. The highest BCUT2D eigenvalue weighted by atomic mass is 16.5. The smallest absolute Gasteiger partial charge is 0.118 e. The van der Waals surface area contributed by atoms with Crippen LogP contribution in [-0.4, -0.2) is 14.2 Å². The van der Waals surface area contributed by atoms with Gasteiger partial charge in [-0.2, -0.15) is 0 Å². The molecule has 0 heterocycles. The summed E-state index contributed by atoms with van der Waals surface area (Å²) in [6.45, 7) is 0. The quantitative estimate of drug-likeness (QED) is 0.823. The number of hydrogen-bond donors (Lipinski definition) is 0. The molecule has 0 aliphatic heterocycles. The highest BCUT2D eigenvalue weighted by molar-refractivity contribution is 5.44. The first-order chi connectivity index (χ1) is 8.74. The van der Waals surface area contributed by atoms with Crippen LogP contribution in [0.15, 0.2) is 48.5 Å². The molecule has 3 nitrogen and oxygen atoms in total. The Morgan fingerprint density at radius 1 is 0.722 bits per heavy atom. The summed E-state index contributed by atoms with van der Waals surface area (Å²) in [6.07, 6.45) is -0.0136. The van der Waals surface area contributed by atoms with Crippen molar-refractivity contribution in [3.8, 4) is 11.5 Å². The van der Waals surface area contributed by atoms with Crippen molar-refractivity contribution >= 4 is 0 Å². The molecule has 0 N–H and O–H groups in total. The molecule has 0 bridgehead atoms. The molecule has 3 heteroatoms. The Bertz CT molecular complexity index is 441. The minimum atomic E-state index is -0.0136. The lowest BCUT2D eigenvalue weighted by Crippen LogP contribution is -2.17. The van der Waals surface area contributed by atoms with Crippen LogP contribution in [0.1, 0.15) is 11.1 Å². The van der Waals surface area contributed by atoms with E-state index in [4.69, 9.17) is 9.47 Å². The minimum absolute atomic E-state index is 0.0136. The second kappa shape index (κ2) is 5.56. The van der Waals surface area contributed by atoms with E-state index >= 15 is 0 Å². The number of rotatable bonds is 4. The number of ether oxygens (including phenoxy) is 2. The first-order valence-corrected chi connectivity index (χ1v) is 5.57. The topological polar surface area (TPSA) is 41.5 Å². The Labute approximate surface area is 107 Å². The summed E-state index contributed by atoms with van der Waals surface area (Å²) in [5.74, 6) is 1.47. The molecule has 0 saturated heterocycles. The monoisotopic (exact) mass is 242 g/mol. The number of hydrogen-bond acceptors (Lipinski definition) is 3. The molecule has 93 valence electrons. The van der Waals surface area contributed by atoms with Crippen LogP contribution in [-0.2, 0) is 0 Å². The average molecular weight is 242 g/mol. The summed E-state index contributed by atoms with van der Waals surface area (Å²) < 4.78 is 10.1. The van der Waals surface area contributed by atoms with Gasteiger partial charge in [0.2, 0.25) is 0 Å². The fourth-order valence-electron chi connectivity index (χ4n) is 1.65. The van der Waals surface area contributed by atoms with E-state index in [0.717, 1.165) is 11.5 Å². The van der Waals surface area contributed by atoms with Gasteiger partial charge in [-0.1, -0.05) is 41.5 Å². The lowest BCUT2D eigenvalue weighted by atomic mass is 10.0. The molecular formula is C15H14O3-. The summed E-state index contributed by atoms with van der Waals surface area (Å²) >= 11 is 0. The van der Waals surface area contributed by atoms with Crippen molar-refractivity contribution in [3.05, 3.63) is 65.8 Å². The molecule has 18 heavy (non-hydrogen) atoms. The van der Waals surface area contributed by atoms with Gasteiger partial charge in [0.1, 0.15) is 11.5 Å². The van der Waals surface area contributed by atoms with E-state index < -0.39 is 0 Å². The Balaban J connectivity index is 2.20. The maximum atomic E-state index is 12.2. The molecule has 0 fully saturated rings. The third-order valence-electron chi connectivity index (χ3n) is 2.70. The second-order valence-electron chi connectivity index (χ2n) is 3.79. The molecule has 0 amide bonds. The Kier molecular flexibility index (Phi) is 3.85. The fraction of sp³-hybridized carbons (Fsp3) is 0.133. The van der Waals surface area contributed by atoms with Gasteiger partial charge in [0.25, 0.3) is 0 Å². The van der Waals surface area contributed by atoms with Gasteiger partial charge in [0.15, 0.2) is 0 Å². The molecule has 1 radical (unpaired) electrons. The first kappa shape index (κ1) is 12.5. The molecule has 0 saturated carbocycles. The van der Waals surface area contributed by atoms with Crippen molar-refractivity contribution in [1.29, 1.82) is 0 Å². The van der Waals surface area contributed by atoms with Crippen LogP contribution < -0.4 is 14.6 Å². The van der Waals surface area contributed by atoms with Crippen LogP contribution in [0.25, 0.3) is 0 Å². The molecule has 0 spiro atoms. The Hall–Kier alpha value is -2.00. The minimum Gasteiger partial charge on any atom is -0.843 e. The molecule has 0 atom stereocenters. The summed E-state index contributed by atoms with van der Waals surface area (Å²) in [5.41, 5.74) is 1.28. The third-order valence-corrected chi connectivity index (χ3v) is 2.70. The van der Waals surface area contributed by atoms with Crippen LogP contribution in [0.2, 0.25) is 0 Å². The molecular weight excluding hydrogens is 228 g/mol. The van der Waals surface area contributed by atoms with Crippen molar-refractivity contribution in [1.82, 2.24) is 0 Å². The van der Waals surface area contributed by atoms with Gasteiger partial charge in [-0.15, -0.1) is 0 Å². The van der Waals surface area contributed by atoms with Crippen molar-refractivity contribution in [2.75, 3.05) is 14.2 Å². The number of benzene rings is 2. The Morgan fingerprint density at radius 3 is 1.33 bits per heavy atom. The molecule has 2 rings (SSSR count). The summed E-state index contributed by atoms with van der Waals surface area (Å²) in [4.78, 5) is 0. The van der Waals surface area contributed by atoms with E-state index in [1.54, 1.807) is 62.8 Å². The molecule has 2 aromatic carbocycles. The van der Waals surface area contributed by atoms with Gasteiger partial charge in [0.05, 0.1) is 14.2 Å². The average Bonchev–Trinajstić information content (AvgIpc) is 2.47. The van der Waals surface area contributed by atoms with E-state index in [2.05, 4.69) is 0 Å². The van der Waals surface area contributed by atoms with Crippen LogP contribution >= 0.6 is 0 Å². The zero-order chi connectivity index (χ0) is 13.0. The van der Waals surface area contributed by atoms with E-state index in [-0.39, 0.29) is 6.10 Å². The second-order valence-corrected chi connectivity index (χ2v) is 3.79. The van der Waals surface area contributed by atoms with Gasteiger partial charge in [-0.3, -0.25) is 0 Å². The fourth-order valence-corrected chi connectivity index (χ4v) is 1.65. The van der Waals surface area contributed by atoms with Gasteiger partial charge in [-0.25, -0.2) is 0 Å². The van der Waals surface area contributed by atoms with Crippen LogP contribution in [0.5, 0.6) is 11.5 Å². The van der Waals surface area contributed by atoms with Gasteiger partial charge >= 0.3 is 0 Å². The van der Waals surface area contributed by atoms with Gasteiger partial charge in [0, 0.05) is 0 Å². The Morgan fingerprint density at radius 2 is 1.06 bits per heavy atom. The van der Waals surface area contributed by atoms with Crippen LogP contribution in [0.3, 0.4) is 0 Å². The maximum absolute atomic E-state index is 12.2. The standard InChI is InChI=1S/C15H14O3/c1-17-13-7-3-11(4-8-13)15(16)12-5-9-14(18-2)10-6-12/h3-10H,1-2H3/q-1. The largest absolute Gasteiger partial charge is 0.843 e. The van der Waals surface area contributed by atoms with E-state index in [0.29, 0.717) is 11.1 Å². The maximum Gasteiger partial charge on any atom is 0.118 e. The zero-order valence-electron chi connectivity index (χ0n) is 10.3. The zero-order valence-corrected chi connectivity index (χ0v) is 10.3. The van der Waals surface area contributed by atoms with Gasteiger partial charge < -0.3 is 14.6 Å². The van der Waals surface area contributed by atoms with Crippen molar-refractivity contribution in [3.63, 3.8) is 0 Å². The highest BCUT2D eigenvalue weighted by Gasteiger charge is 2.03. The summed E-state index contributed by atoms with van der Waals surface area (Å²) in [7, 11) is 3.20. The van der Waals surface area contributed by atoms with Crippen molar-refractivity contribution in [2.24, 2.45) is 0 Å². The lowest BCUT2D eigenvalue weighted by molar-refractivity contribution is -0.333. The summed E-state index contributed by atoms with van der Waals surface area (Å²) in [6, 6.07) is 14.1. The number of methoxy groups -OCH3 is 2. The predicted octanol–water partition coefficient (Wildman–Crippen LogP) is 1.99. The SMILES string of the molecule is COc1ccc([C]([O-])c2ccc(OC)cc2)cc1. The van der Waals surface area contributed by atoms with E-state index in [1.165, 1.54) is 0 Å². The third kappa shape index (κ3) is 2.63. The molecule has 0 aliphatic carbocycles. The lowest BCUT2D eigenvalue weighted by Gasteiger charge is -2.23.